The zero-order valence-electron chi connectivity index (χ0n) is 10.7. The van der Waals surface area contributed by atoms with Crippen molar-refractivity contribution in [1.29, 1.82) is 0 Å². The summed E-state index contributed by atoms with van der Waals surface area (Å²) in [4.78, 5) is 1.01. The Balaban J connectivity index is 2.67. The van der Waals surface area contributed by atoms with Crippen LogP contribution in [0.3, 0.4) is 0 Å². The van der Waals surface area contributed by atoms with Crippen molar-refractivity contribution in [2.24, 2.45) is 5.73 Å². The molecule has 4 nitrogen and oxygen atoms in total. The summed E-state index contributed by atoms with van der Waals surface area (Å²) in [5.41, 5.74) is 5.45. The van der Waals surface area contributed by atoms with Crippen molar-refractivity contribution in [3.05, 3.63) is 17.0 Å². The van der Waals surface area contributed by atoms with Crippen molar-refractivity contribution in [2.45, 2.75) is 30.5 Å². The van der Waals surface area contributed by atoms with Crippen LogP contribution in [-0.2, 0) is 16.4 Å². The van der Waals surface area contributed by atoms with E-state index in [1.54, 1.807) is 17.8 Å². The molecule has 1 rings (SSSR count). The molecule has 3 N–H and O–H groups in total. The monoisotopic (exact) mass is 308 g/mol. The highest BCUT2D eigenvalue weighted by Crippen LogP contribution is 2.22. The number of thioether (sulfide) groups is 1. The lowest BCUT2D eigenvalue weighted by atomic mass is 10.3. The van der Waals surface area contributed by atoms with Crippen molar-refractivity contribution in [3.8, 4) is 0 Å². The minimum absolute atomic E-state index is 0.0555. The molecule has 0 aliphatic rings. The highest BCUT2D eigenvalue weighted by Gasteiger charge is 2.19. The fraction of sp³-hybridized carbons (Fsp3) is 0.636. The predicted octanol–water partition coefficient (Wildman–Crippen LogP) is 1.67. The molecule has 0 aromatic carbocycles. The quantitative estimate of drug-likeness (QED) is 0.766. The molecule has 1 aromatic heterocycles. The van der Waals surface area contributed by atoms with Gasteiger partial charge in [0.05, 0.1) is 0 Å². The van der Waals surface area contributed by atoms with E-state index in [2.05, 4.69) is 11.6 Å². The van der Waals surface area contributed by atoms with Crippen molar-refractivity contribution in [1.82, 2.24) is 4.72 Å². The van der Waals surface area contributed by atoms with Gasteiger partial charge in [0.25, 0.3) is 0 Å². The van der Waals surface area contributed by atoms with E-state index < -0.39 is 10.0 Å². The number of hydrogen-bond acceptors (Lipinski definition) is 5. The predicted molar refractivity (Wildman–Crippen MR) is 79.9 cm³/mol. The van der Waals surface area contributed by atoms with E-state index in [0.717, 1.165) is 22.8 Å². The Morgan fingerprint density at radius 1 is 1.50 bits per heavy atom. The second-order valence-corrected chi connectivity index (χ2v) is 8.37. The van der Waals surface area contributed by atoms with Crippen molar-refractivity contribution in [2.75, 3.05) is 18.1 Å². The molecule has 1 atom stereocenters. The van der Waals surface area contributed by atoms with Crippen LogP contribution in [0.25, 0.3) is 0 Å². The number of nitrogens with two attached hydrogens (primary N) is 1. The lowest BCUT2D eigenvalue weighted by Crippen LogP contribution is -2.33. The number of hydrogen-bond donors (Lipinski definition) is 2. The standard InChI is InChI=1S/C11H20N2O2S3/c1-3-16-8-9(2)13-18(14,15)11-5-4-10(17-11)6-7-12/h4-5,9,13H,3,6-8,12H2,1-2H3. The molecule has 1 heterocycles. The summed E-state index contributed by atoms with van der Waals surface area (Å²) in [5.74, 6) is 1.78. The average molecular weight is 308 g/mol. The second kappa shape index (κ2) is 7.49. The van der Waals surface area contributed by atoms with E-state index in [1.807, 2.05) is 13.0 Å². The number of thiophene rings is 1. The van der Waals surface area contributed by atoms with E-state index in [-0.39, 0.29) is 6.04 Å². The van der Waals surface area contributed by atoms with Crippen molar-refractivity contribution in [3.63, 3.8) is 0 Å². The Bertz CT molecular complexity index is 457. The molecule has 0 saturated heterocycles. The number of nitrogens with one attached hydrogen (secondary N) is 1. The number of sulfonamides is 1. The van der Waals surface area contributed by atoms with E-state index in [1.165, 1.54) is 11.3 Å². The molecular formula is C11H20N2O2S3. The van der Waals surface area contributed by atoms with Crippen LogP contribution in [0, 0.1) is 0 Å². The molecule has 104 valence electrons. The van der Waals surface area contributed by atoms with Gasteiger partial charge in [0.1, 0.15) is 4.21 Å². The molecule has 0 spiro atoms. The van der Waals surface area contributed by atoms with Gasteiger partial charge in [0, 0.05) is 16.7 Å². The summed E-state index contributed by atoms with van der Waals surface area (Å²) >= 11 is 3.02. The first-order valence-electron chi connectivity index (χ1n) is 5.88. The van der Waals surface area contributed by atoms with Crippen LogP contribution >= 0.6 is 23.1 Å². The Morgan fingerprint density at radius 3 is 2.83 bits per heavy atom. The van der Waals surface area contributed by atoms with E-state index in [4.69, 9.17) is 5.73 Å². The smallest absolute Gasteiger partial charge is 0.250 e. The third-order valence-corrected chi connectivity index (χ3v) is 6.59. The average Bonchev–Trinajstić information content (AvgIpc) is 2.75. The topological polar surface area (TPSA) is 72.2 Å². The van der Waals surface area contributed by atoms with Gasteiger partial charge < -0.3 is 5.73 Å². The minimum Gasteiger partial charge on any atom is -0.330 e. The number of rotatable bonds is 8. The van der Waals surface area contributed by atoms with Crippen LogP contribution in [0.1, 0.15) is 18.7 Å². The molecule has 0 radical (unpaired) electrons. The van der Waals surface area contributed by atoms with Crippen LogP contribution in [-0.4, -0.2) is 32.5 Å². The van der Waals surface area contributed by atoms with Gasteiger partial charge in [-0.25, -0.2) is 13.1 Å². The van der Waals surface area contributed by atoms with Crippen LogP contribution in [0.5, 0.6) is 0 Å². The van der Waals surface area contributed by atoms with Gasteiger partial charge >= 0.3 is 0 Å². The summed E-state index contributed by atoms with van der Waals surface area (Å²) in [6.45, 7) is 4.48. The molecule has 1 aromatic rings. The van der Waals surface area contributed by atoms with Gasteiger partial charge in [-0.3, -0.25) is 0 Å². The largest absolute Gasteiger partial charge is 0.330 e. The van der Waals surface area contributed by atoms with E-state index >= 15 is 0 Å². The van der Waals surface area contributed by atoms with Gasteiger partial charge in [-0.2, -0.15) is 11.8 Å². The Labute approximate surface area is 117 Å². The second-order valence-electron chi connectivity index (χ2n) is 3.94. The lowest BCUT2D eigenvalue weighted by Gasteiger charge is -2.12. The van der Waals surface area contributed by atoms with Crippen molar-refractivity contribution < 1.29 is 8.42 Å². The normalized spacial score (nSPS) is 13.7. The Kier molecular flexibility index (Phi) is 6.65. The zero-order valence-corrected chi connectivity index (χ0v) is 13.1. The SMILES string of the molecule is CCSCC(C)NS(=O)(=O)c1ccc(CCN)s1. The Morgan fingerprint density at radius 2 is 2.22 bits per heavy atom. The summed E-state index contributed by atoms with van der Waals surface area (Å²) in [7, 11) is -3.37. The van der Waals surface area contributed by atoms with Crippen LogP contribution < -0.4 is 10.5 Å². The van der Waals surface area contributed by atoms with Crippen LogP contribution in [0.4, 0.5) is 0 Å². The van der Waals surface area contributed by atoms with Gasteiger partial charge in [-0.1, -0.05) is 6.92 Å². The van der Waals surface area contributed by atoms with Gasteiger partial charge in [0.15, 0.2) is 0 Å². The van der Waals surface area contributed by atoms with Crippen LogP contribution in [0.2, 0.25) is 0 Å². The first-order chi connectivity index (χ1) is 8.49. The summed E-state index contributed by atoms with van der Waals surface area (Å²) in [6, 6.07) is 3.43. The summed E-state index contributed by atoms with van der Waals surface area (Å²) < 4.78 is 27.2. The molecule has 18 heavy (non-hydrogen) atoms. The van der Waals surface area contributed by atoms with E-state index in [0.29, 0.717) is 10.8 Å². The first-order valence-corrected chi connectivity index (χ1v) is 9.34. The molecule has 0 saturated carbocycles. The lowest BCUT2D eigenvalue weighted by molar-refractivity contribution is 0.573. The molecule has 0 aliphatic heterocycles. The van der Waals surface area contributed by atoms with Gasteiger partial charge in [-0.05, 0) is 37.8 Å². The summed E-state index contributed by atoms with van der Waals surface area (Å²) in [5, 5.41) is 0. The van der Waals surface area contributed by atoms with Gasteiger partial charge in [-0.15, -0.1) is 11.3 Å². The zero-order chi connectivity index (χ0) is 13.6. The van der Waals surface area contributed by atoms with Gasteiger partial charge in [0.2, 0.25) is 10.0 Å². The maximum Gasteiger partial charge on any atom is 0.250 e. The summed E-state index contributed by atoms with van der Waals surface area (Å²) in [6.07, 6.45) is 0.724. The maximum absolute atomic E-state index is 12.1. The highest BCUT2D eigenvalue weighted by molar-refractivity contribution is 7.99. The molecule has 1 unspecified atom stereocenters. The Hall–Kier alpha value is -0.0800. The van der Waals surface area contributed by atoms with E-state index in [9.17, 15) is 8.42 Å². The first kappa shape index (κ1) is 16.0. The van der Waals surface area contributed by atoms with Crippen molar-refractivity contribution >= 4 is 33.1 Å². The third kappa shape index (κ3) is 4.89. The fourth-order valence-corrected chi connectivity index (χ4v) is 4.84. The maximum atomic E-state index is 12.1. The fourth-order valence-electron chi connectivity index (χ4n) is 1.43. The molecule has 0 aliphatic carbocycles. The molecule has 0 amide bonds. The third-order valence-electron chi connectivity index (χ3n) is 2.22. The molecule has 7 heteroatoms. The molecule has 0 fully saturated rings. The highest BCUT2D eigenvalue weighted by atomic mass is 32.2. The van der Waals surface area contributed by atoms with Crippen LogP contribution in [0.15, 0.2) is 16.3 Å². The minimum atomic E-state index is -3.37. The molecular weight excluding hydrogens is 288 g/mol. The molecule has 0 bridgehead atoms.